The van der Waals surface area contributed by atoms with Gasteiger partial charge in [0.2, 0.25) is 10.0 Å². The molecule has 4 nitrogen and oxygen atoms in total. The predicted molar refractivity (Wildman–Crippen MR) is 81.0 cm³/mol. The maximum absolute atomic E-state index is 13.9. The smallest absolute Gasteiger partial charge is 0.240 e. The fourth-order valence-electron chi connectivity index (χ4n) is 2.44. The number of rotatable bonds is 7. The van der Waals surface area contributed by atoms with E-state index in [1.807, 2.05) is 0 Å². The third kappa shape index (κ3) is 3.62. The Morgan fingerprint density at radius 2 is 2.00 bits per heavy atom. The Hall–Kier alpha value is -0.980. The van der Waals surface area contributed by atoms with Crippen molar-refractivity contribution in [2.45, 2.75) is 44.6 Å². The first-order chi connectivity index (χ1) is 9.83. The van der Waals surface area contributed by atoms with Crippen molar-refractivity contribution in [2.75, 3.05) is 13.6 Å². The zero-order valence-electron chi connectivity index (χ0n) is 12.8. The molecule has 0 bridgehead atoms. The second-order valence-electron chi connectivity index (χ2n) is 5.92. The van der Waals surface area contributed by atoms with Gasteiger partial charge in [0, 0.05) is 18.7 Å². The summed E-state index contributed by atoms with van der Waals surface area (Å²) in [5.74, 6) is -0.351. The minimum atomic E-state index is -3.59. The van der Waals surface area contributed by atoms with E-state index in [0.29, 0.717) is 24.2 Å². The van der Waals surface area contributed by atoms with E-state index in [0.717, 1.165) is 19.3 Å². The number of nitrogens with one attached hydrogen (secondary N) is 2. The summed E-state index contributed by atoms with van der Waals surface area (Å²) in [4.78, 5) is 0.138. The Morgan fingerprint density at radius 3 is 2.52 bits per heavy atom. The van der Waals surface area contributed by atoms with Crippen LogP contribution in [-0.2, 0) is 16.6 Å². The minimum Gasteiger partial charge on any atom is -0.316 e. The molecule has 1 aliphatic carbocycles. The standard InChI is InChI=1S/C15H23FN2O2S/c1-4-15(5-6-15)10-18-21(19,20)13-7-11(2)14(16)12(8-13)9-17-3/h7-8,17-18H,4-6,9-10H2,1-3H3. The van der Waals surface area contributed by atoms with Crippen molar-refractivity contribution in [3.63, 3.8) is 0 Å². The van der Waals surface area contributed by atoms with Gasteiger partial charge in [-0.25, -0.2) is 17.5 Å². The summed E-state index contributed by atoms with van der Waals surface area (Å²) in [6, 6.07) is 2.80. The fourth-order valence-corrected chi connectivity index (χ4v) is 3.74. The van der Waals surface area contributed by atoms with E-state index < -0.39 is 10.0 Å². The Bertz CT molecular complexity index is 625. The molecule has 0 heterocycles. The minimum absolute atomic E-state index is 0.135. The van der Waals surface area contributed by atoms with Crippen molar-refractivity contribution in [3.05, 3.63) is 29.1 Å². The lowest BCUT2D eigenvalue weighted by Gasteiger charge is -2.15. The van der Waals surface area contributed by atoms with Crippen molar-refractivity contribution in [3.8, 4) is 0 Å². The van der Waals surface area contributed by atoms with Crippen LogP contribution >= 0.6 is 0 Å². The van der Waals surface area contributed by atoms with E-state index in [-0.39, 0.29) is 16.1 Å². The van der Waals surface area contributed by atoms with E-state index in [2.05, 4.69) is 17.0 Å². The molecule has 6 heteroatoms. The Labute approximate surface area is 126 Å². The lowest BCUT2D eigenvalue weighted by molar-refractivity contribution is 0.475. The van der Waals surface area contributed by atoms with E-state index in [1.54, 1.807) is 14.0 Å². The van der Waals surface area contributed by atoms with Crippen LogP contribution in [0.1, 0.15) is 37.3 Å². The molecular weight excluding hydrogens is 291 g/mol. The van der Waals surface area contributed by atoms with Crippen LogP contribution in [0.4, 0.5) is 4.39 Å². The second-order valence-corrected chi connectivity index (χ2v) is 7.69. The molecule has 0 atom stereocenters. The highest BCUT2D eigenvalue weighted by atomic mass is 32.2. The molecule has 0 spiro atoms. The third-order valence-corrected chi connectivity index (χ3v) is 5.71. The van der Waals surface area contributed by atoms with Crippen molar-refractivity contribution < 1.29 is 12.8 Å². The van der Waals surface area contributed by atoms with Crippen LogP contribution < -0.4 is 10.0 Å². The molecule has 118 valence electrons. The molecule has 1 aliphatic rings. The first kappa shape index (κ1) is 16.4. The summed E-state index contributed by atoms with van der Waals surface area (Å²) >= 11 is 0. The monoisotopic (exact) mass is 314 g/mol. The third-order valence-electron chi connectivity index (χ3n) is 4.33. The van der Waals surface area contributed by atoms with Crippen LogP contribution in [0.15, 0.2) is 17.0 Å². The van der Waals surface area contributed by atoms with Crippen molar-refractivity contribution in [2.24, 2.45) is 5.41 Å². The molecule has 1 fully saturated rings. The summed E-state index contributed by atoms with van der Waals surface area (Å²) in [5, 5.41) is 2.85. The van der Waals surface area contributed by atoms with Gasteiger partial charge in [-0.1, -0.05) is 6.92 Å². The lowest BCUT2D eigenvalue weighted by atomic mass is 10.1. The van der Waals surface area contributed by atoms with E-state index in [9.17, 15) is 12.8 Å². The quantitative estimate of drug-likeness (QED) is 0.812. The number of halogens is 1. The van der Waals surface area contributed by atoms with E-state index in [4.69, 9.17) is 0 Å². The van der Waals surface area contributed by atoms with Gasteiger partial charge in [-0.2, -0.15) is 0 Å². The van der Waals surface area contributed by atoms with Crippen molar-refractivity contribution in [1.29, 1.82) is 0 Å². The molecule has 1 aromatic carbocycles. The molecule has 1 aromatic rings. The molecule has 0 radical (unpaired) electrons. The van der Waals surface area contributed by atoms with Gasteiger partial charge >= 0.3 is 0 Å². The highest BCUT2D eigenvalue weighted by Crippen LogP contribution is 2.48. The van der Waals surface area contributed by atoms with Crippen LogP contribution in [0.25, 0.3) is 0 Å². The maximum atomic E-state index is 13.9. The summed E-state index contributed by atoms with van der Waals surface area (Å²) in [6.07, 6.45) is 3.11. The van der Waals surface area contributed by atoms with Gasteiger partial charge in [0.05, 0.1) is 4.90 Å². The van der Waals surface area contributed by atoms with Gasteiger partial charge in [-0.05, 0) is 56.3 Å². The van der Waals surface area contributed by atoms with Crippen molar-refractivity contribution in [1.82, 2.24) is 10.0 Å². The topological polar surface area (TPSA) is 58.2 Å². The number of hydrogen-bond acceptors (Lipinski definition) is 3. The summed E-state index contributed by atoms with van der Waals surface area (Å²) in [7, 11) is -1.89. The van der Waals surface area contributed by atoms with Gasteiger partial charge in [-0.3, -0.25) is 0 Å². The van der Waals surface area contributed by atoms with Gasteiger partial charge in [-0.15, -0.1) is 0 Å². The normalized spacial score (nSPS) is 17.0. The van der Waals surface area contributed by atoms with Crippen LogP contribution in [0.3, 0.4) is 0 Å². The van der Waals surface area contributed by atoms with Gasteiger partial charge < -0.3 is 5.32 Å². The number of benzene rings is 1. The summed E-state index contributed by atoms with van der Waals surface area (Å²) < 4.78 is 41.4. The molecule has 0 aliphatic heterocycles. The molecule has 0 unspecified atom stereocenters. The molecule has 21 heavy (non-hydrogen) atoms. The first-order valence-corrected chi connectivity index (χ1v) is 8.75. The Morgan fingerprint density at radius 1 is 1.33 bits per heavy atom. The first-order valence-electron chi connectivity index (χ1n) is 7.27. The number of hydrogen-bond donors (Lipinski definition) is 2. The zero-order valence-corrected chi connectivity index (χ0v) is 13.6. The van der Waals surface area contributed by atoms with E-state index in [1.165, 1.54) is 12.1 Å². The number of aryl methyl sites for hydroxylation is 1. The van der Waals surface area contributed by atoms with E-state index >= 15 is 0 Å². The highest BCUT2D eigenvalue weighted by molar-refractivity contribution is 7.89. The van der Waals surface area contributed by atoms with Gasteiger partial charge in [0.1, 0.15) is 5.82 Å². The molecular formula is C15H23FN2O2S. The average molecular weight is 314 g/mol. The maximum Gasteiger partial charge on any atom is 0.240 e. The molecule has 2 N–H and O–H groups in total. The molecule has 0 saturated heterocycles. The number of sulfonamides is 1. The lowest BCUT2D eigenvalue weighted by Crippen LogP contribution is -2.30. The summed E-state index contributed by atoms with van der Waals surface area (Å²) in [5.41, 5.74) is 0.852. The zero-order chi connectivity index (χ0) is 15.7. The van der Waals surface area contributed by atoms with Crippen LogP contribution in [0.2, 0.25) is 0 Å². The highest BCUT2D eigenvalue weighted by Gasteiger charge is 2.41. The molecule has 0 amide bonds. The Balaban J connectivity index is 2.23. The van der Waals surface area contributed by atoms with Crippen LogP contribution in [-0.4, -0.2) is 22.0 Å². The fraction of sp³-hybridized carbons (Fsp3) is 0.600. The van der Waals surface area contributed by atoms with Gasteiger partial charge in [0.15, 0.2) is 0 Å². The molecule has 0 aromatic heterocycles. The largest absolute Gasteiger partial charge is 0.316 e. The van der Waals surface area contributed by atoms with Crippen LogP contribution in [0, 0.1) is 18.2 Å². The molecule has 1 saturated carbocycles. The van der Waals surface area contributed by atoms with Crippen LogP contribution in [0.5, 0.6) is 0 Å². The Kier molecular flexibility index (Phi) is 4.70. The van der Waals surface area contributed by atoms with Gasteiger partial charge in [0.25, 0.3) is 0 Å². The predicted octanol–water partition coefficient (Wildman–Crippen LogP) is 2.32. The average Bonchev–Trinajstić information content (AvgIpc) is 3.22. The SMILES string of the molecule is CCC1(CNS(=O)(=O)c2cc(C)c(F)c(CNC)c2)CC1. The summed E-state index contributed by atoms with van der Waals surface area (Å²) in [6.45, 7) is 4.43. The molecule has 2 rings (SSSR count). The second kappa shape index (κ2) is 6.02. The van der Waals surface area contributed by atoms with Crippen molar-refractivity contribution >= 4 is 10.0 Å².